The SMILES string of the molecule is CCOC(=O)c1ccc(-c2ccccc2CNC(=O)c2nc3n(c(=O)c2O)CCOC3(C)C)cc1. The van der Waals surface area contributed by atoms with E-state index in [1.54, 1.807) is 32.9 Å². The largest absolute Gasteiger partial charge is 0.501 e. The lowest BCUT2D eigenvalue weighted by molar-refractivity contribution is -0.0566. The summed E-state index contributed by atoms with van der Waals surface area (Å²) in [6, 6.07) is 14.5. The second-order valence-electron chi connectivity index (χ2n) is 8.59. The quantitative estimate of drug-likeness (QED) is 0.524. The summed E-state index contributed by atoms with van der Waals surface area (Å²) in [6.45, 7) is 6.26. The predicted octanol–water partition coefficient (Wildman–Crippen LogP) is 2.99. The molecule has 2 aromatic carbocycles. The van der Waals surface area contributed by atoms with Crippen LogP contribution in [0.3, 0.4) is 0 Å². The summed E-state index contributed by atoms with van der Waals surface area (Å²) in [5.41, 5.74) is 1.10. The summed E-state index contributed by atoms with van der Waals surface area (Å²) in [5.74, 6) is -1.45. The van der Waals surface area contributed by atoms with E-state index >= 15 is 0 Å². The van der Waals surface area contributed by atoms with Gasteiger partial charge in [0.15, 0.2) is 5.69 Å². The number of benzene rings is 2. The summed E-state index contributed by atoms with van der Waals surface area (Å²) in [6.07, 6.45) is 0. The first-order valence-electron chi connectivity index (χ1n) is 11.3. The molecular formula is C26H27N3O6. The van der Waals surface area contributed by atoms with Gasteiger partial charge in [0.2, 0.25) is 5.75 Å². The van der Waals surface area contributed by atoms with Crippen LogP contribution in [-0.2, 0) is 28.2 Å². The zero-order valence-electron chi connectivity index (χ0n) is 19.8. The van der Waals surface area contributed by atoms with Gasteiger partial charge in [0.25, 0.3) is 11.5 Å². The molecule has 0 unspecified atom stereocenters. The highest BCUT2D eigenvalue weighted by molar-refractivity contribution is 5.95. The highest BCUT2D eigenvalue weighted by Crippen LogP contribution is 2.28. The lowest BCUT2D eigenvalue weighted by atomic mass is 9.98. The molecule has 1 aromatic heterocycles. The van der Waals surface area contributed by atoms with E-state index in [1.807, 2.05) is 36.4 Å². The fourth-order valence-electron chi connectivity index (χ4n) is 4.04. The molecule has 1 aliphatic heterocycles. The molecule has 9 nitrogen and oxygen atoms in total. The molecule has 0 spiro atoms. The number of aromatic hydroxyl groups is 1. The first-order valence-corrected chi connectivity index (χ1v) is 11.3. The molecule has 35 heavy (non-hydrogen) atoms. The Kier molecular flexibility index (Phi) is 6.70. The standard InChI is InChI=1S/C26H27N3O6/c1-4-34-24(33)17-11-9-16(10-12-17)19-8-6-5-7-18(19)15-27-22(31)20-21(30)23(32)29-13-14-35-26(2,3)25(29)28-20/h5-12,30H,4,13-15H2,1-3H3,(H,27,31). The summed E-state index contributed by atoms with van der Waals surface area (Å²) in [4.78, 5) is 41.8. The zero-order valence-corrected chi connectivity index (χ0v) is 19.8. The molecular weight excluding hydrogens is 450 g/mol. The molecule has 2 heterocycles. The maximum absolute atomic E-state index is 12.9. The van der Waals surface area contributed by atoms with Crippen LogP contribution in [0, 0.1) is 0 Å². The monoisotopic (exact) mass is 477 g/mol. The summed E-state index contributed by atoms with van der Waals surface area (Å²) >= 11 is 0. The van der Waals surface area contributed by atoms with Gasteiger partial charge in [-0.2, -0.15) is 0 Å². The highest BCUT2D eigenvalue weighted by Gasteiger charge is 2.34. The van der Waals surface area contributed by atoms with E-state index in [0.29, 0.717) is 24.6 Å². The fraction of sp³-hybridized carbons (Fsp3) is 0.308. The number of esters is 1. The minimum Gasteiger partial charge on any atom is -0.501 e. The third kappa shape index (κ3) is 4.81. The maximum Gasteiger partial charge on any atom is 0.338 e. The van der Waals surface area contributed by atoms with Gasteiger partial charge >= 0.3 is 5.97 Å². The Morgan fingerprint density at radius 2 is 1.89 bits per heavy atom. The first kappa shape index (κ1) is 24.2. The molecule has 0 saturated heterocycles. The van der Waals surface area contributed by atoms with Crippen LogP contribution in [0.15, 0.2) is 53.3 Å². The van der Waals surface area contributed by atoms with E-state index in [1.165, 1.54) is 4.57 Å². The van der Waals surface area contributed by atoms with Crippen molar-refractivity contribution in [3.63, 3.8) is 0 Å². The van der Waals surface area contributed by atoms with Gasteiger partial charge in [0.1, 0.15) is 11.4 Å². The molecule has 0 aliphatic carbocycles. The smallest absolute Gasteiger partial charge is 0.338 e. The number of nitrogens with one attached hydrogen (secondary N) is 1. The molecule has 0 atom stereocenters. The predicted molar refractivity (Wildman–Crippen MR) is 128 cm³/mol. The molecule has 3 aromatic rings. The van der Waals surface area contributed by atoms with Crippen molar-refractivity contribution in [2.75, 3.05) is 13.2 Å². The van der Waals surface area contributed by atoms with Gasteiger partial charge in [-0.25, -0.2) is 9.78 Å². The van der Waals surface area contributed by atoms with Crippen LogP contribution in [0.4, 0.5) is 0 Å². The minimum absolute atomic E-state index is 0.133. The Morgan fingerprint density at radius 3 is 2.60 bits per heavy atom. The van der Waals surface area contributed by atoms with E-state index in [4.69, 9.17) is 9.47 Å². The van der Waals surface area contributed by atoms with Gasteiger partial charge in [0, 0.05) is 6.54 Å². The van der Waals surface area contributed by atoms with Crippen molar-refractivity contribution in [2.45, 2.75) is 39.5 Å². The number of hydrogen-bond donors (Lipinski definition) is 2. The Labute approximate surface area is 202 Å². The normalized spacial score (nSPS) is 14.1. The average Bonchev–Trinajstić information content (AvgIpc) is 2.85. The molecule has 2 N–H and O–H groups in total. The minimum atomic E-state index is -0.873. The number of fused-ring (bicyclic) bond motifs is 1. The van der Waals surface area contributed by atoms with Crippen molar-refractivity contribution < 1.29 is 24.2 Å². The zero-order chi connectivity index (χ0) is 25.2. The van der Waals surface area contributed by atoms with Crippen molar-refractivity contribution in [2.24, 2.45) is 0 Å². The van der Waals surface area contributed by atoms with Gasteiger partial charge in [-0.05, 0) is 49.6 Å². The average molecular weight is 478 g/mol. The topological polar surface area (TPSA) is 120 Å². The number of rotatable bonds is 6. The van der Waals surface area contributed by atoms with Gasteiger partial charge in [-0.1, -0.05) is 36.4 Å². The fourth-order valence-corrected chi connectivity index (χ4v) is 4.04. The highest BCUT2D eigenvalue weighted by atomic mass is 16.5. The van der Waals surface area contributed by atoms with Crippen LogP contribution < -0.4 is 10.9 Å². The third-order valence-electron chi connectivity index (χ3n) is 5.84. The lowest BCUT2D eigenvalue weighted by Gasteiger charge is -2.32. The summed E-state index contributed by atoms with van der Waals surface area (Å²) in [5, 5.41) is 13.1. The number of carbonyl (C=O) groups is 2. The summed E-state index contributed by atoms with van der Waals surface area (Å²) in [7, 11) is 0. The Hall–Kier alpha value is -3.98. The molecule has 0 radical (unpaired) electrons. The molecule has 1 aliphatic rings. The molecule has 9 heteroatoms. The van der Waals surface area contributed by atoms with Crippen molar-refractivity contribution in [3.8, 4) is 16.9 Å². The Morgan fingerprint density at radius 1 is 1.17 bits per heavy atom. The van der Waals surface area contributed by atoms with Crippen LogP contribution in [0.25, 0.3) is 11.1 Å². The molecule has 182 valence electrons. The molecule has 0 saturated carbocycles. The van der Waals surface area contributed by atoms with Gasteiger partial charge in [0.05, 0.1) is 25.3 Å². The number of ether oxygens (including phenoxy) is 2. The number of amides is 1. The number of nitrogens with zero attached hydrogens (tertiary/aromatic N) is 2. The van der Waals surface area contributed by atoms with E-state index in [9.17, 15) is 19.5 Å². The van der Waals surface area contributed by atoms with Crippen molar-refractivity contribution in [1.82, 2.24) is 14.9 Å². The Balaban J connectivity index is 1.57. The second-order valence-corrected chi connectivity index (χ2v) is 8.59. The molecule has 4 rings (SSSR count). The molecule has 0 fully saturated rings. The lowest BCUT2D eigenvalue weighted by Crippen LogP contribution is -2.42. The number of aromatic nitrogens is 2. The Bertz CT molecular complexity index is 1330. The van der Waals surface area contributed by atoms with E-state index in [2.05, 4.69) is 10.3 Å². The van der Waals surface area contributed by atoms with Gasteiger partial charge in [-0.15, -0.1) is 0 Å². The second kappa shape index (κ2) is 9.71. The van der Waals surface area contributed by atoms with E-state index in [-0.39, 0.29) is 24.8 Å². The first-order chi connectivity index (χ1) is 16.7. The van der Waals surface area contributed by atoms with Crippen LogP contribution in [0.2, 0.25) is 0 Å². The number of hydrogen-bond acceptors (Lipinski definition) is 7. The van der Waals surface area contributed by atoms with Crippen LogP contribution in [0.1, 0.15) is 53.0 Å². The molecule has 0 bridgehead atoms. The van der Waals surface area contributed by atoms with E-state index < -0.39 is 22.8 Å². The van der Waals surface area contributed by atoms with Crippen LogP contribution in [-0.4, -0.2) is 39.7 Å². The van der Waals surface area contributed by atoms with Gasteiger partial charge in [-0.3, -0.25) is 14.2 Å². The van der Waals surface area contributed by atoms with Crippen LogP contribution in [0.5, 0.6) is 5.75 Å². The summed E-state index contributed by atoms with van der Waals surface area (Å²) < 4.78 is 12.1. The van der Waals surface area contributed by atoms with Gasteiger partial charge < -0.3 is 19.9 Å². The number of carbonyl (C=O) groups excluding carboxylic acids is 2. The maximum atomic E-state index is 12.9. The van der Waals surface area contributed by atoms with Crippen molar-refractivity contribution in [1.29, 1.82) is 0 Å². The van der Waals surface area contributed by atoms with Crippen LogP contribution >= 0.6 is 0 Å². The van der Waals surface area contributed by atoms with E-state index in [0.717, 1.165) is 16.7 Å². The molecule has 1 amide bonds. The van der Waals surface area contributed by atoms with Crippen molar-refractivity contribution in [3.05, 3.63) is 81.5 Å². The van der Waals surface area contributed by atoms with Crippen molar-refractivity contribution >= 4 is 11.9 Å². The third-order valence-corrected chi connectivity index (χ3v) is 5.84.